The van der Waals surface area contributed by atoms with Gasteiger partial charge in [0.2, 0.25) is 5.91 Å². The second-order valence-electron chi connectivity index (χ2n) is 7.18. The monoisotopic (exact) mass is 416 g/mol. The van der Waals surface area contributed by atoms with Gasteiger partial charge in [0.1, 0.15) is 5.37 Å². The predicted octanol–water partition coefficient (Wildman–Crippen LogP) is 4.77. The van der Waals surface area contributed by atoms with Gasteiger partial charge in [0.25, 0.3) is 5.91 Å². The minimum Gasteiger partial charge on any atom is -0.334 e. The number of carbonyl (C=O) groups excluding carboxylic acids is 2. The molecule has 1 aliphatic rings. The Hall–Kier alpha value is -1.98. The molecule has 2 aromatic rings. The van der Waals surface area contributed by atoms with Gasteiger partial charge in [-0.15, -0.1) is 11.8 Å². The average molecular weight is 417 g/mol. The molecule has 1 aliphatic heterocycles. The van der Waals surface area contributed by atoms with Crippen LogP contribution in [0.15, 0.2) is 48.5 Å². The molecule has 1 atom stereocenters. The van der Waals surface area contributed by atoms with Crippen molar-refractivity contribution in [1.82, 2.24) is 9.80 Å². The number of nitrogens with zero attached hydrogens (tertiary/aromatic N) is 2. The molecule has 0 unspecified atom stereocenters. The van der Waals surface area contributed by atoms with Crippen LogP contribution in [-0.4, -0.2) is 46.5 Å². The summed E-state index contributed by atoms with van der Waals surface area (Å²) in [6.45, 7) is 7.00. The number of halogens is 1. The molecule has 1 heterocycles. The zero-order chi connectivity index (χ0) is 20.3. The van der Waals surface area contributed by atoms with Gasteiger partial charge in [-0.05, 0) is 44.0 Å². The summed E-state index contributed by atoms with van der Waals surface area (Å²) >= 11 is 7.87. The molecule has 0 spiro atoms. The van der Waals surface area contributed by atoms with E-state index in [1.165, 1.54) is 5.56 Å². The SMILES string of the molecule is Cc1ccccc1[C@H]1SCC(=O)N1CCN(C(=O)c1ccccc1Cl)C(C)C. The van der Waals surface area contributed by atoms with Gasteiger partial charge in [0.05, 0.1) is 16.3 Å². The lowest BCUT2D eigenvalue weighted by Crippen LogP contribution is -2.43. The van der Waals surface area contributed by atoms with Crippen molar-refractivity contribution < 1.29 is 9.59 Å². The first-order valence-corrected chi connectivity index (χ1v) is 10.8. The zero-order valence-electron chi connectivity index (χ0n) is 16.4. The molecule has 0 aliphatic carbocycles. The third kappa shape index (κ3) is 4.36. The number of amides is 2. The highest BCUT2D eigenvalue weighted by molar-refractivity contribution is 8.00. The average Bonchev–Trinajstić information content (AvgIpc) is 3.03. The van der Waals surface area contributed by atoms with Gasteiger partial charge in [-0.3, -0.25) is 9.59 Å². The Morgan fingerprint density at radius 3 is 2.57 bits per heavy atom. The minimum absolute atomic E-state index is 0.00173. The van der Waals surface area contributed by atoms with E-state index in [0.29, 0.717) is 29.4 Å². The first kappa shape index (κ1) is 20.7. The Morgan fingerprint density at radius 1 is 1.21 bits per heavy atom. The van der Waals surface area contributed by atoms with Crippen LogP contribution in [0.25, 0.3) is 0 Å². The number of hydrogen-bond donors (Lipinski definition) is 0. The largest absolute Gasteiger partial charge is 0.334 e. The quantitative estimate of drug-likeness (QED) is 0.680. The zero-order valence-corrected chi connectivity index (χ0v) is 18.0. The highest BCUT2D eigenvalue weighted by atomic mass is 35.5. The van der Waals surface area contributed by atoms with Gasteiger partial charge in [-0.1, -0.05) is 48.0 Å². The normalized spacial score (nSPS) is 16.7. The van der Waals surface area contributed by atoms with Crippen molar-refractivity contribution in [3.05, 3.63) is 70.2 Å². The first-order valence-electron chi connectivity index (χ1n) is 9.42. The third-order valence-electron chi connectivity index (χ3n) is 4.99. The molecule has 1 saturated heterocycles. The summed E-state index contributed by atoms with van der Waals surface area (Å²) in [4.78, 5) is 29.2. The summed E-state index contributed by atoms with van der Waals surface area (Å²) in [5, 5.41) is 0.446. The van der Waals surface area contributed by atoms with E-state index >= 15 is 0 Å². The molecule has 148 valence electrons. The highest BCUT2D eigenvalue weighted by Crippen LogP contribution is 2.39. The molecular formula is C22H25ClN2O2S. The Balaban J connectivity index is 1.77. The Bertz CT molecular complexity index is 869. The molecule has 3 rings (SSSR count). The van der Waals surface area contributed by atoms with Gasteiger partial charge >= 0.3 is 0 Å². The second-order valence-corrected chi connectivity index (χ2v) is 8.65. The molecule has 0 aromatic heterocycles. The number of hydrogen-bond acceptors (Lipinski definition) is 3. The third-order valence-corrected chi connectivity index (χ3v) is 6.56. The standard InChI is InChI=1S/C22H25ClN2O2S/c1-15(2)24(21(27)18-10-6-7-11-19(18)23)12-13-25-20(26)14-28-22(25)17-9-5-4-8-16(17)3/h4-11,15,22H,12-14H2,1-3H3/t22-/m1/s1. The summed E-state index contributed by atoms with van der Waals surface area (Å²) in [6, 6.07) is 15.3. The van der Waals surface area contributed by atoms with Crippen LogP contribution in [-0.2, 0) is 4.79 Å². The molecular weight excluding hydrogens is 392 g/mol. The van der Waals surface area contributed by atoms with Crippen LogP contribution in [0.4, 0.5) is 0 Å². The smallest absolute Gasteiger partial charge is 0.255 e. The van der Waals surface area contributed by atoms with Gasteiger partial charge < -0.3 is 9.80 Å². The Morgan fingerprint density at radius 2 is 1.89 bits per heavy atom. The topological polar surface area (TPSA) is 40.6 Å². The maximum atomic E-state index is 13.0. The van der Waals surface area contributed by atoms with E-state index in [1.54, 1.807) is 28.8 Å². The van der Waals surface area contributed by atoms with E-state index in [1.807, 2.05) is 43.0 Å². The fraction of sp³-hybridized carbons (Fsp3) is 0.364. The van der Waals surface area contributed by atoms with E-state index < -0.39 is 0 Å². The van der Waals surface area contributed by atoms with Crippen LogP contribution in [0.1, 0.15) is 40.7 Å². The van der Waals surface area contributed by atoms with Gasteiger partial charge in [-0.25, -0.2) is 0 Å². The van der Waals surface area contributed by atoms with E-state index in [4.69, 9.17) is 11.6 Å². The number of aryl methyl sites for hydroxylation is 1. The van der Waals surface area contributed by atoms with Crippen LogP contribution in [0.3, 0.4) is 0 Å². The number of thioether (sulfide) groups is 1. The molecule has 4 nitrogen and oxygen atoms in total. The molecule has 6 heteroatoms. The highest BCUT2D eigenvalue weighted by Gasteiger charge is 2.34. The molecule has 1 fully saturated rings. The number of benzene rings is 2. The Labute approximate surface area is 175 Å². The molecule has 0 N–H and O–H groups in total. The second kappa shape index (κ2) is 9.01. The minimum atomic E-state index is -0.104. The fourth-order valence-electron chi connectivity index (χ4n) is 3.42. The van der Waals surface area contributed by atoms with E-state index in [2.05, 4.69) is 19.1 Å². The molecule has 28 heavy (non-hydrogen) atoms. The summed E-state index contributed by atoms with van der Waals surface area (Å²) < 4.78 is 0. The van der Waals surface area contributed by atoms with Crippen LogP contribution in [0.5, 0.6) is 0 Å². The molecule has 0 bridgehead atoms. The van der Waals surface area contributed by atoms with Gasteiger partial charge in [-0.2, -0.15) is 0 Å². The lowest BCUT2D eigenvalue weighted by molar-refractivity contribution is -0.128. The van der Waals surface area contributed by atoms with Crippen molar-refractivity contribution in [2.75, 3.05) is 18.8 Å². The maximum Gasteiger partial charge on any atom is 0.255 e. The maximum absolute atomic E-state index is 13.0. The first-order chi connectivity index (χ1) is 13.4. The van der Waals surface area contributed by atoms with E-state index in [9.17, 15) is 9.59 Å². The van der Waals surface area contributed by atoms with Crippen molar-refractivity contribution in [2.45, 2.75) is 32.2 Å². The van der Waals surface area contributed by atoms with Crippen molar-refractivity contribution in [1.29, 1.82) is 0 Å². The lowest BCUT2D eigenvalue weighted by atomic mass is 10.1. The summed E-state index contributed by atoms with van der Waals surface area (Å²) in [5.74, 6) is 0.485. The van der Waals surface area contributed by atoms with Crippen molar-refractivity contribution >= 4 is 35.2 Å². The van der Waals surface area contributed by atoms with Crippen LogP contribution in [0, 0.1) is 6.92 Å². The molecule has 2 amide bonds. The number of carbonyl (C=O) groups is 2. The fourth-order valence-corrected chi connectivity index (χ4v) is 4.95. The van der Waals surface area contributed by atoms with Crippen molar-refractivity contribution in [3.63, 3.8) is 0 Å². The van der Waals surface area contributed by atoms with Crippen LogP contribution < -0.4 is 0 Å². The summed E-state index contributed by atoms with van der Waals surface area (Å²) in [6.07, 6.45) is 0. The van der Waals surface area contributed by atoms with Crippen molar-refractivity contribution in [2.24, 2.45) is 0 Å². The predicted molar refractivity (Wildman–Crippen MR) is 116 cm³/mol. The molecule has 0 saturated carbocycles. The van der Waals surface area contributed by atoms with Crippen LogP contribution in [0.2, 0.25) is 5.02 Å². The van der Waals surface area contributed by atoms with E-state index in [-0.39, 0.29) is 23.2 Å². The molecule has 0 radical (unpaired) electrons. The molecule has 2 aromatic carbocycles. The Kier molecular flexibility index (Phi) is 6.68. The summed E-state index contributed by atoms with van der Waals surface area (Å²) in [7, 11) is 0. The van der Waals surface area contributed by atoms with Crippen molar-refractivity contribution in [3.8, 4) is 0 Å². The number of rotatable bonds is 6. The van der Waals surface area contributed by atoms with Gasteiger partial charge in [0.15, 0.2) is 0 Å². The van der Waals surface area contributed by atoms with Gasteiger partial charge in [0, 0.05) is 19.1 Å². The lowest BCUT2D eigenvalue weighted by Gasteiger charge is -2.31. The summed E-state index contributed by atoms with van der Waals surface area (Å²) in [5.41, 5.74) is 2.83. The van der Waals surface area contributed by atoms with E-state index in [0.717, 1.165) is 5.56 Å². The van der Waals surface area contributed by atoms with Crippen LogP contribution >= 0.6 is 23.4 Å².